The van der Waals surface area contributed by atoms with Crippen LogP contribution in [0.4, 0.5) is 0 Å². The van der Waals surface area contributed by atoms with E-state index < -0.39 is 22.0 Å². The molecule has 1 aromatic rings. The van der Waals surface area contributed by atoms with Gasteiger partial charge >= 0.3 is 0 Å². The summed E-state index contributed by atoms with van der Waals surface area (Å²) in [5.74, 6) is 0.255. The van der Waals surface area contributed by atoms with Crippen LogP contribution in [-0.2, 0) is 9.84 Å². The molecule has 0 amide bonds. The minimum atomic E-state index is -3.18. The Labute approximate surface area is 126 Å². The summed E-state index contributed by atoms with van der Waals surface area (Å²) in [6.07, 6.45) is -0.621. The highest BCUT2D eigenvalue weighted by molar-refractivity contribution is 7.91. The molecule has 1 saturated heterocycles. The lowest BCUT2D eigenvalue weighted by molar-refractivity contribution is 0.0738. The highest BCUT2D eigenvalue weighted by Crippen LogP contribution is 2.23. The first-order valence-corrected chi connectivity index (χ1v) is 9.15. The first kappa shape index (κ1) is 16.3. The molecule has 118 valence electrons. The topological polar surface area (TPSA) is 75.6 Å². The molecule has 0 bridgehead atoms. The monoisotopic (exact) mass is 313 g/mol. The third-order valence-electron chi connectivity index (χ3n) is 3.70. The molecule has 2 rings (SSSR count). The summed E-state index contributed by atoms with van der Waals surface area (Å²) in [6, 6.07) is 7.91. The Hall–Kier alpha value is -1.11. The summed E-state index contributed by atoms with van der Waals surface area (Å²) in [5.41, 5.74) is 1.17. The van der Waals surface area contributed by atoms with Gasteiger partial charge in [0.2, 0.25) is 0 Å². The van der Waals surface area contributed by atoms with Gasteiger partial charge in [-0.1, -0.05) is 26.0 Å². The maximum Gasteiger partial charge on any atom is 0.156 e. The lowest BCUT2D eigenvalue weighted by Crippen LogP contribution is -2.29. The zero-order chi connectivity index (χ0) is 15.5. The third-order valence-corrected chi connectivity index (χ3v) is 5.39. The Balaban J connectivity index is 2.03. The van der Waals surface area contributed by atoms with Crippen LogP contribution in [0.2, 0.25) is 0 Å². The second-order valence-corrected chi connectivity index (χ2v) is 7.54. The maximum atomic E-state index is 11.4. The van der Waals surface area contributed by atoms with Crippen molar-refractivity contribution >= 4 is 9.84 Å². The normalized spacial score (nSPS) is 25.7. The summed E-state index contributed by atoms with van der Waals surface area (Å²) in [5, 5.41) is 13.1. The average Bonchev–Trinajstić information content (AvgIpc) is 2.70. The molecule has 5 nitrogen and oxygen atoms in total. The van der Waals surface area contributed by atoms with E-state index >= 15 is 0 Å². The molecule has 6 heteroatoms. The van der Waals surface area contributed by atoms with E-state index in [0.29, 0.717) is 11.8 Å². The largest absolute Gasteiger partial charge is 0.487 e. The number of sulfone groups is 1. The first-order valence-electron chi connectivity index (χ1n) is 7.33. The van der Waals surface area contributed by atoms with Crippen molar-refractivity contribution in [3.8, 4) is 5.75 Å². The number of hydrogen-bond donors (Lipinski definition) is 2. The van der Waals surface area contributed by atoms with Crippen LogP contribution < -0.4 is 10.1 Å². The Bertz CT molecular complexity index is 556. The minimum absolute atomic E-state index is 0.120. The zero-order valence-electron chi connectivity index (χ0n) is 12.5. The highest BCUT2D eigenvalue weighted by atomic mass is 32.2. The standard InChI is InChI=1S/C15H23NO4S/c1-3-13(16-4-2)11-5-7-12(8-6-11)20-15-10-21(18,19)9-14(15)17/h5-8,13-17H,3-4,9-10H2,1-2H3. The molecule has 1 fully saturated rings. The fraction of sp³-hybridized carbons (Fsp3) is 0.600. The zero-order valence-corrected chi connectivity index (χ0v) is 13.3. The van der Waals surface area contributed by atoms with E-state index in [2.05, 4.69) is 19.2 Å². The van der Waals surface area contributed by atoms with E-state index in [1.165, 1.54) is 5.56 Å². The lowest BCUT2D eigenvalue weighted by atomic mass is 10.0. The quantitative estimate of drug-likeness (QED) is 0.827. The van der Waals surface area contributed by atoms with Crippen LogP contribution in [0.5, 0.6) is 5.75 Å². The summed E-state index contributed by atoms with van der Waals surface area (Å²) in [6.45, 7) is 5.10. The number of ether oxygens (including phenoxy) is 1. The van der Waals surface area contributed by atoms with Gasteiger partial charge in [-0.2, -0.15) is 0 Å². The number of hydrogen-bond acceptors (Lipinski definition) is 5. The molecule has 3 atom stereocenters. The molecular formula is C15H23NO4S. The number of benzene rings is 1. The number of aliphatic hydroxyl groups is 1. The van der Waals surface area contributed by atoms with Crippen LogP contribution in [0, 0.1) is 0 Å². The summed E-state index contributed by atoms with van der Waals surface area (Å²) < 4.78 is 28.5. The molecule has 0 spiro atoms. The molecule has 1 aliphatic heterocycles. The van der Waals surface area contributed by atoms with Crippen molar-refractivity contribution in [2.45, 2.75) is 38.5 Å². The van der Waals surface area contributed by atoms with E-state index in [1.54, 1.807) is 0 Å². The van der Waals surface area contributed by atoms with E-state index in [4.69, 9.17) is 4.74 Å². The Kier molecular flexibility index (Phi) is 5.24. The van der Waals surface area contributed by atoms with Gasteiger partial charge in [0, 0.05) is 6.04 Å². The van der Waals surface area contributed by atoms with Gasteiger partial charge in [0.25, 0.3) is 0 Å². The number of rotatable bonds is 6. The molecule has 0 aromatic heterocycles. The van der Waals surface area contributed by atoms with Crippen molar-refractivity contribution in [1.82, 2.24) is 5.32 Å². The van der Waals surface area contributed by atoms with Gasteiger partial charge in [0.05, 0.1) is 11.5 Å². The van der Waals surface area contributed by atoms with Crippen LogP contribution >= 0.6 is 0 Å². The maximum absolute atomic E-state index is 11.4. The molecule has 21 heavy (non-hydrogen) atoms. The Morgan fingerprint density at radius 1 is 1.29 bits per heavy atom. The van der Waals surface area contributed by atoms with Gasteiger partial charge in [0.1, 0.15) is 18.0 Å². The average molecular weight is 313 g/mol. The predicted molar refractivity (Wildman–Crippen MR) is 82.2 cm³/mol. The van der Waals surface area contributed by atoms with Gasteiger partial charge < -0.3 is 15.2 Å². The molecule has 0 radical (unpaired) electrons. The van der Waals surface area contributed by atoms with Gasteiger partial charge in [0.15, 0.2) is 9.84 Å². The van der Waals surface area contributed by atoms with Crippen molar-refractivity contribution < 1.29 is 18.3 Å². The van der Waals surface area contributed by atoms with Gasteiger partial charge in [-0.3, -0.25) is 0 Å². The molecule has 1 heterocycles. The second-order valence-electron chi connectivity index (χ2n) is 5.39. The SMILES string of the molecule is CCNC(CC)c1ccc(OC2CS(=O)(=O)CC2O)cc1. The summed E-state index contributed by atoms with van der Waals surface area (Å²) in [4.78, 5) is 0. The van der Waals surface area contributed by atoms with Crippen LogP contribution in [0.25, 0.3) is 0 Å². The molecule has 0 saturated carbocycles. The van der Waals surface area contributed by atoms with Crippen LogP contribution in [0.15, 0.2) is 24.3 Å². The lowest BCUT2D eigenvalue weighted by Gasteiger charge is -2.18. The van der Waals surface area contributed by atoms with E-state index in [1.807, 2.05) is 24.3 Å². The molecule has 1 aromatic carbocycles. The molecule has 2 N–H and O–H groups in total. The number of nitrogens with one attached hydrogen (secondary N) is 1. The Morgan fingerprint density at radius 2 is 1.95 bits per heavy atom. The first-order chi connectivity index (χ1) is 9.95. The molecular weight excluding hydrogens is 290 g/mol. The van der Waals surface area contributed by atoms with Crippen LogP contribution in [0.1, 0.15) is 31.9 Å². The number of aliphatic hydroxyl groups excluding tert-OH is 1. The highest BCUT2D eigenvalue weighted by Gasteiger charge is 2.38. The second kappa shape index (κ2) is 6.77. The van der Waals surface area contributed by atoms with E-state index in [9.17, 15) is 13.5 Å². The predicted octanol–water partition coefficient (Wildman–Crippen LogP) is 1.28. The molecule has 0 aliphatic carbocycles. The van der Waals surface area contributed by atoms with Gasteiger partial charge in [-0.15, -0.1) is 0 Å². The fourth-order valence-corrected chi connectivity index (χ4v) is 4.27. The fourth-order valence-electron chi connectivity index (χ4n) is 2.61. The Morgan fingerprint density at radius 3 is 2.43 bits per heavy atom. The molecule has 1 aliphatic rings. The van der Waals surface area contributed by atoms with E-state index in [-0.39, 0.29) is 11.5 Å². The van der Waals surface area contributed by atoms with Crippen molar-refractivity contribution in [3.63, 3.8) is 0 Å². The van der Waals surface area contributed by atoms with Gasteiger partial charge in [-0.25, -0.2) is 8.42 Å². The van der Waals surface area contributed by atoms with Crippen LogP contribution in [-0.4, -0.2) is 43.8 Å². The van der Waals surface area contributed by atoms with Crippen molar-refractivity contribution in [2.24, 2.45) is 0 Å². The van der Waals surface area contributed by atoms with Crippen LogP contribution in [0.3, 0.4) is 0 Å². The van der Waals surface area contributed by atoms with Crippen molar-refractivity contribution in [1.29, 1.82) is 0 Å². The summed E-state index contributed by atoms with van der Waals surface area (Å²) in [7, 11) is -3.18. The van der Waals surface area contributed by atoms with Crippen molar-refractivity contribution in [2.75, 3.05) is 18.1 Å². The minimum Gasteiger partial charge on any atom is -0.487 e. The van der Waals surface area contributed by atoms with Gasteiger partial charge in [-0.05, 0) is 30.7 Å². The smallest absolute Gasteiger partial charge is 0.156 e. The van der Waals surface area contributed by atoms with E-state index in [0.717, 1.165) is 13.0 Å². The van der Waals surface area contributed by atoms with Crippen molar-refractivity contribution in [3.05, 3.63) is 29.8 Å². The third kappa shape index (κ3) is 4.18. The summed E-state index contributed by atoms with van der Waals surface area (Å²) >= 11 is 0. The molecule has 3 unspecified atom stereocenters.